The van der Waals surface area contributed by atoms with Crippen LogP contribution in [0.4, 0.5) is 5.69 Å². The predicted molar refractivity (Wildman–Crippen MR) is 89.6 cm³/mol. The molecule has 0 aliphatic rings. The Balaban J connectivity index is 2.24. The summed E-state index contributed by atoms with van der Waals surface area (Å²) in [6.45, 7) is 2.07. The number of hydrogen-bond acceptors (Lipinski definition) is 3. The highest BCUT2D eigenvalue weighted by atomic mass is 79.9. The summed E-state index contributed by atoms with van der Waals surface area (Å²) in [6, 6.07) is 10.2. The molecule has 2 nitrogen and oxygen atoms in total. The van der Waals surface area contributed by atoms with Crippen LogP contribution in [0.3, 0.4) is 0 Å². The fourth-order valence-corrected chi connectivity index (χ4v) is 4.12. The van der Waals surface area contributed by atoms with Crippen molar-refractivity contribution < 1.29 is 0 Å². The molecule has 0 fully saturated rings. The van der Waals surface area contributed by atoms with Crippen molar-refractivity contribution in [3.05, 3.63) is 44.8 Å². The van der Waals surface area contributed by atoms with Gasteiger partial charge in [0.25, 0.3) is 0 Å². The van der Waals surface area contributed by atoms with Gasteiger partial charge in [-0.15, -0.1) is 11.3 Å². The molecule has 3 rings (SSSR count). The molecule has 0 saturated carbocycles. The van der Waals surface area contributed by atoms with Crippen LogP contribution in [0.25, 0.3) is 20.8 Å². The van der Waals surface area contributed by atoms with E-state index in [1.807, 2.05) is 12.1 Å². The largest absolute Gasteiger partial charge is 0.397 e. The zero-order valence-electron chi connectivity index (χ0n) is 10.1. The fourth-order valence-electron chi connectivity index (χ4n) is 1.91. The molecule has 19 heavy (non-hydrogen) atoms. The van der Waals surface area contributed by atoms with E-state index in [1.54, 1.807) is 11.3 Å². The third kappa shape index (κ3) is 2.42. The fraction of sp³-hybridized carbons (Fsp3) is 0.0714. The van der Waals surface area contributed by atoms with E-state index in [0.717, 1.165) is 30.7 Å². The van der Waals surface area contributed by atoms with Gasteiger partial charge >= 0.3 is 0 Å². The molecule has 0 aliphatic heterocycles. The molecule has 1 aromatic heterocycles. The van der Waals surface area contributed by atoms with Gasteiger partial charge < -0.3 is 5.73 Å². The highest BCUT2D eigenvalue weighted by molar-refractivity contribution is 9.11. The second-order valence-corrected chi connectivity index (χ2v) is 7.14. The van der Waals surface area contributed by atoms with Crippen LogP contribution in [0.2, 0.25) is 0 Å². The van der Waals surface area contributed by atoms with Gasteiger partial charge in [0.1, 0.15) is 5.01 Å². The maximum absolute atomic E-state index is 6.13. The Morgan fingerprint density at radius 3 is 2.74 bits per heavy atom. The Hall–Kier alpha value is -0.910. The van der Waals surface area contributed by atoms with Crippen molar-refractivity contribution in [1.29, 1.82) is 0 Å². The second kappa shape index (κ2) is 4.89. The summed E-state index contributed by atoms with van der Waals surface area (Å²) in [6.07, 6.45) is 0. The Labute approximate surface area is 131 Å². The molecular formula is C14H10Br2N2S. The minimum Gasteiger partial charge on any atom is -0.397 e. The number of aryl methyl sites for hydroxylation is 1. The quantitative estimate of drug-likeness (QED) is 0.560. The molecule has 0 saturated heterocycles. The zero-order valence-corrected chi connectivity index (χ0v) is 14.1. The summed E-state index contributed by atoms with van der Waals surface area (Å²) in [5, 5.41) is 0.945. The van der Waals surface area contributed by atoms with Crippen molar-refractivity contribution in [2.24, 2.45) is 0 Å². The van der Waals surface area contributed by atoms with Crippen LogP contribution in [-0.2, 0) is 0 Å². The van der Waals surface area contributed by atoms with Gasteiger partial charge in [0.2, 0.25) is 0 Å². The molecule has 3 aromatic rings. The van der Waals surface area contributed by atoms with Crippen LogP contribution < -0.4 is 5.73 Å². The Morgan fingerprint density at radius 2 is 1.95 bits per heavy atom. The van der Waals surface area contributed by atoms with Gasteiger partial charge in [-0.1, -0.05) is 22.0 Å². The van der Waals surface area contributed by atoms with Gasteiger partial charge in [0, 0.05) is 14.5 Å². The lowest BCUT2D eigenvalue weighted by Crippen LogP contribution is -1.91. The van der Waals surface area contributed by atoms with Crippen molar-refractivity contribution in [3.63, 3.8) is 0 Å². The highest BCUT2D eigenvalue weighted by Gasteiger charge is 2.12. The summed E-state index contributed by atoms with van der Waals surface area (Å²) < 4.78 is 3.04. The van der Waals surface area contributed by atoms with Gasteiger partial charge in [-0.3, -0.25) is 0 Å². The third-order valence-electron chi connectivity index (χ3n) is 2.87. The summed E-state index contributed by atoms with van der Waals surface area (Å²) in [7, 11) is 0. The van der Waals surface area contributed by atoms with E-state index in [9.17, 15) is 0 Å². The summed E-state index contributed by atoms with van der Waals surface area (Å²) in [5.41, 5.74) is 10.1. The maximum Gasteiger partial charge on any atom is 0.126 e. The normalized spacial score (nSPS) is 11.1. The second-order valence-electron chi connectivity index (χ2n) is 4.34. The van der Waals surface area contributed by atoms with E-state index in [2.05, 4.69) is 62.0 Å². The van der Waals surface area contributed by atoms with E-state index in [4.69, 9.17) is 5.73 Å². The molecule has 2 N–H and O–H groups in total. The Morgan fingerprint density at radius 1 is 1.16 bits per heavy atom. The number of rotatable bonds is 1. The van der Waals surface area contributed by atoms with E-state index >= 15 is 0 Å². The molecule has 0 atom stereocenters. The van der Waals surface area contributed by atoms with E-state index in [-0.39, 0.29) is 0 Å². The molecule has 1 heterocycles. The molecule has 0 radical (unpaired) electrons. The van der Waals surface area contributed by atoms with Crippen LogP contribution in [0, 0.1) is 6.92 Å². The van der Waals surface area contributed by atoms with E-state index in [1.165, 1.54) is 10.3 Å². The number of nitrogen functional groups attached to an aromatic ring is 1. The molecule has 5 heteroatoms. The Bertz CT molecular complexity index is 780. The number of benzene rings is 2. The molecular weight excluding hydrogens is 388 g/mol. The average molecular weight is 398 g/mol. The van der Waals surface area contributed by atoms with Crippen molar-refractivity contribution in [2.45, 2.75) is 6.92 Å². The lowest BCUT2D eigenvalue weighted by Gasteiger charge is -2.05. The van der Waals surface area contributed by atoms with Crippen molar-refractivity contribution in [3.8, 4) is 10.6 Å². The van der Waals surface area contributed by atoms with Crippen LogP contribution in [0.5, 0.6) is 0 Å². The van der Waals surface area contributed by atoms with Gasteiger partial charge in [0.15, 0.2) is 0 Å². The molecule has 0 amide bonds. The zero-order chi connectivity index (χ0) is 13.6. The number of halogens is 2. The lowest BCUT2D eigenvalue weighted by molar-refractivity contribution is 1.43. The smallest absolute Gasteiger partial charge is 0.126 e. The van der Waals surface area contributed by atoms with Crippen LogP contribution in [-0.4, -0.2) is 4.98 Å². The predicted octanol–water partition coefficient (Wildman–Crippen LogP) is 5.38. The lowest BCUT2D eigenvalue weighted by atomic mass is 10.2. The summed E-state index contributed by atoms with van der Waals surface area (Å²) in [4.78, 5) is 4.68. The van der Waals surface area contributed by atoms with Crippen molar-refractivity contribution in [2.75, 3.05) is 5.73 Å². The van der Waals surface area contributed by atoms with Gasteiger partial charge in [0.05, 0.1) is 15.9 Å². The molecule has 0 bridgehead atoms. The third-order valence-corrected chi connectivity index (χ3v) is 5.05. The first-order valence-electron chi connectivity index (χ1n) is 5.66. The van der Waals surface area contributed by atoms with Crippen LogP contribution in [0.1, 0.15) is 5.56 Å². The average Bonchev–Trinajstić information content (AvgIpc) is 2.76. The number of nitrogens with two attached hydrogens (primary N) is 1. The first kappa shape index (κ1) is 13.1. The maximum atomic E-state index is 6.13. The summed E-state index contributed by atoms with van der Waals surface area (Å²) >= 11 is 8.62. The molecule has 0 unspecified atom stereocenters. The molecule has 2 aromatic carbocycles. The van der Waals surface area contributed by atoms with E-state index in [0.29, 0.717) is 0 Å². The number of fused-ring (bicyclic) bond motifs is 1. The topological polar surface area (TPSA) is 38.9 Å². The summed E-state index contributed by atoms with van der Waals surface area (Å²) in [5.74, 6) is 0. The van der Waals surface area contributed by atoms with Gasteiger partial charge in [-0.25, -0.2) is 4.98 Å². The Kier molecular flexibility index (Phi) is 3.37. The minimum absolute atomic E-state index is 0.721. The van der Waals surface area contributed by atoms with Gasteiger partial charge in [-0.2, -0.15) is 0 Å². The standard InChI is InChI=1S/C14H10Br2N2S/c1-7-2-3-12-11(4-7)18-14(19-12)9-5-8(15)6-10(16)13(9)17/h2-6H,17H2,1H3. The number of hydrogen-bond donors (Lipinski definition) is 1. The first-order chi connectivity index (χ1) is 9.04. The molecule has 0 spiro atoms. The van der Waals surface area contributed by atoms with Crippen molar-refractivity contribution >= 4 is 59.1 Å². The van der Waals surface area contributed by atoms with Crippen LogP contribution in [0.15, 0.2) is 39.3 Å². The van der Waals surface area contributed by atoms with Gasteiger partial charge in [-0.05, 0) is 52.7 Å². The SMILES string of the molecule is Cc1ccc2sc(-c3cc(Br)cc(Br)c3N)nc2c1. The minimum atomic E-state index is 0.721. The van der Waals surface area contributed by atoms with Crippen molar-refractivity contribution in [1.82, 2.24) is 4.98 Å². The number of thiazole rings is 1. The number of aromatic nitrogens is 1. The monoisotopic (exact) mass is 396 g/mol. The number of anilines is 1. The highest BCUT2D eigenvalue weighted by Crippen LogP contribution is 2.38. The number of nitrogens with zero attached hydrogens (tertiary/aromatic N) is 1. The first-order valence-corrected chi connectivity index (χ1v) is 8.07. The van der Waals surface area contributed by atoms with E-state index < -0.39 is 0 Å². The molecule has 96 valence electrons. The molecule has 0 aliphatic carbocycles. The van der Waals surface area contributed by atoms with Crippen LogP contribution >= 0.6 is 43.2 Å².